The average Bonchev–Trinajstić information content (AvgIpc) is 2.97. The topological polar surface area (TPSA) is 69.6 Å². The van der Waals surface area contributed by atoms with Crippen LogP contribution < -0.4 is 10.2 Å². The van der Waals surface area contributed by atoms with E-state index in [4.69, 9.17) is 0 Å². The molecule has 30 heavy (non-hydrogen) atoms. The first kappa shape index (κ1) is 20.3. The minimum Gasteiger partial charge on any atom is -0.372 e. The molecule has 2 aromatic carbocycles. The number of aliphatic hydroxyl groups is 1. The Balaban J connectivity index is 1.51. The standard InChI is InChI=1S/C24H25FN2O3/c25-19-10-6-9-18(15-19)24(30)20-11-4-5-12-21(20)27(23(24)29)16-22(28)26-14-13-17-7-2-1-3-8-17/h4-7,9-12,15,30H,1-3,8,13-14,16H2,(H,26,28)/t24-/m1/s1. The molecule has 0 aromatic heterocycles. The number of carbonyl (C=O) groups is 2. The maximum absolute atomic E-state index is 13.8. The van der Waals surface area contributed by atoms with Gasteiger partial charge in [-0.15, -0.1) is 0 Å². The minimum atomic E-state index is -2.02. The van der Waals surface area contributed by atoms with Crippen molar-refractivity contribution >= 4 is 17.5 Å². The fourth-order valence-corrected chi connectivity index (χ4v) is 4.28. The predicted octanol–water partition coefficient (Wildman–Crippen LogP) is 3.41. The second-order valence-corrected chi connectivity index (χ2v) is 7.84. The van der Waals surface area contributed by atoms with Crippen LogP contribution in [0.4, 0.5) is 10.1 Å². The van der Waals surface area contributed by atoms with Gasteiger partial charge in [0.15, 0.2) is 5.60 Å². The number of benzene rings is 2. The first-order chi connectivity index (χ1) is 14.5. The van der Waals surface area contributed by atoms with Gasteiger partial charge in [-0.3, -0.25) is 14.5 Å². The Morgan fingerprint density at radius 3 is 2.77 bits per heavy atom. The number of nitrogens with one attached hydrogen (secondary N) is 1. The van der Waals surface area contributed by atoms with Crippen molar-refractivity contribution < 1.29 is 19.1 Å². The van der Waals surface area contributed by atoms with Gasteiger partial charge < -0.3 is 10.4 Å². The Morgan fingerprint density at radius 1 is 1.17 bits per heavy atom. The summed E-state index contributed by atoms with van der Waals surface area (Å²) >= 11 is 0. The van der Waals surface area contributed by atoms with Crippen molar-refractivity contribution in [2.24, 2.45) is 0 Å². The average molecular weight is 408 g/mol. The zero-order chi connectivity index (χ0) is 21.1. The van der Waals surface area contributed by atoms with E-state index in [-0.39, 0.29) is 18.0 Å². The molecule has 4 rings (SSSR count). The molecule has 0 saturated carbocycles. The number of rotatable bonds is 6. The zero-order valence-electron chi connectivity index (χ0n) is 16.7. The summed E-state index contributed by atoms with van der Waals surface area (Å²) in [4.78, 5) is 27.0. The second kappa shape index (κ2) is 8.40. The molecule has 2 aromatic rings. The lowest BCUT2D eigenvalue weighted by molar-refractivity contribution is -0.133. The van der Waals surface area contributed by atoms with Crippen LogP contribution in [0, 0.1) is 5.82 Å². The predicted molar refractivity (Wildman–Crippen MR) is 112 cm³/mol. The number of hydrogen-bond acceptors (Lipinski definition) is 3. The number of para-hydroxylation sites is 1. The van der Waals surface area contributed by atoms with E-state index in [1.54, 1.807) is 24.3 Å². The molecule has 0 saturated heterocycles. The molecule has 0 radical (unpaired) electrons. The lowest BCUT2D eigenvalue weighted by atomic mass is 9.87. The molecule has 1 aliphatic carbocycles. The molecule has 2 N–H and O–H groups in total. The number of halogens is 1. The van der Waals surface area contributed by atoms with Crippen molar-refractivity contribution in [2.45, 2.75) is 37.7 Å². The first-order valence-corrected chi connectivity index (χ1v) is 10.3. The molecule has 5 nitrogen and oxygen atoms in total. The van der Waals surface area contributed by atoms with E-state index in [0.29, 0.717) is 17.8 Å². The van der Waals surface area contributed by atoms with E-state index in [1.165, 1.54) is 41.5 Å². The molecule has 156 valence electrons. The van der Waals surface area contributed by atoms with Crippen molar-refractivity contribution in [3.05, 3.63) is 77.1 Å². The Bertz CT molecular complexity index is 1000. The summed E-state index contributed by atoms with van der Waals surface area (Å²) in [5.41, 5.74) is 0.295. The van der Waals surface area contributed by atoms with Gasteiger partial charge in [0.2, 0.25) is 5.91 Å². The summed E-state index contributed by atoms with van der Waals surface area (Å²) in [6, 6.07) is 12.1. The van der Waals surface area contributed by atoms with Crippen LogP contribution in [0.25, 0.3) is 0 Å². The highest BCUT2D eigenvalue weighted by Gasteiger charge is 2.51. The van der Waals surface area contributed by atoms with Gasteiger partial charge in [0.05, 0.1) is 5.69 Å². The Hall–Kier alpha value is -2.99. The molecule has 0 spiro atoms. The summed E-state index contributed by atoms with van der Waals surface area (Å²) in [6.07, 6.45) is 7.64. The van der Waals surface area contributed by atoms with E-state index in [1.807, 2.05) is 0 Å². The highest BCUT2D eigenvalue weighted by Crippen LogP contribution is 2.44. The van der Waals surface area contributed by atoms with Gasteiger partial charge in [-0.2, -0.15) is 0 Å². The zero-order valence-corrected chi connectivity index (χ0v) is 16.7. The SMILES string of the molecule is O=C(CN1C(=O)[C@@](O)(c2cccc(F)c2)c2ccccc21)NCCC1=CCCCC1. The van der Waals surface area contributed by atoms with E-state index >= 15 is 0 Å². The summed E-state index contributed by atoms with van der Waals surface area (Å²) in [7, 11) is 0. The smallest absolute Gasteiger partial charge is 0.268 e. The molecule has 1 atom stereocenters. The largest absolute Gasteiger partial charge is 0.372 e. The lowest BCUT2D eigenvalue weighted by Gasteiger charge is -2.23. The van der Waals surface area contributed by atoms with Gasteiger partial charge in [-0.1, -0.05) is 42.0 Å². The third-order valence-electron chi connectivity index (χ3n) is 5.84. The summed E-state index contributed by atoms with van der Waals surface area (Å²) in [5, 5.41) is 14.2. The van der Waals surface area contributed by atoms with Gasteiger partial charge in [0, 0.05) is 17.7 Å². The van der Waals surface area contributed by atoms with Crippen molar-refractivity contribution in [1.29, 1.82) is 0 Å². The van der Waals surface area contributed by atoms with Gasteiger partial charge in [0.1, 0.15) is 12.4 Å². The van der Waals surface area contributed by atoms with E-state index in [9.17, 15) is 19.1 Å². The molecular weight excluding hydrogens is 383 g/mol. The van der Waals surface area contributed by atoms with Crippen LogP contribution in [0.1, 0.15) is 43.2 Å². The molecule has 0 unspecified atom stereocenters. The molecule has 1 aliphatic heterocycles. The summed E-state index contributed by atoms with van der Waals surface area (Å²) in [5.74, 6) is -1.49. The number of fused-ring (bicyclic) bond motifs is 1. The van der Waals surface area contributed by atoms with Gasteiger partial charge in [-0.05, 0) is 50.3 Å². The van der Waals surface area contributed by atoms with Crippen molar-refractivity contribution in [1.82, 2.24) is 5.32 Å². The number of allylic oxidation sites excluding steroid dienone is 1. The van der Waals surface area contributed by atoms with Crippen LogP contribution >= 0.6 is 0 Å². The molecule has 0 fully saturated rings. The van der Waals surface area contributed by atoms with Gasteiger partial charge in [0.25, 0.3) is 5.91 Å². The maximum Gasteiger partial charge on any atom is 0.268 e. The van der Waals surface area contributed by atoms with E-state index in [2.05, 4.69) is 11.4 Å². The lowest BCUT2D eigenvalue weighted by Crippen LogP contribution is -2.45. The Kier molecular flexibility index (Phi) is 5.68. The quantitative estimate of drug-likeness (QED) is 0.720. The fourth-order valence-electron chi connectivity index (χ4n) is 4.28. The second-order valence-electron chi connectivity index (χ2n) is 7.84. The summed E-state index contributed by atoms with van der Waals surface area (Å²) in [6.45, 7) is 0.315. The van der Waals surface area contributed by atoms with Crippen molar-refractivity contribution in [2.75, 3.05) is 18.0 Å². The molecule has 0 bridgehead atoms. The molecule has 6 heteroatoms. The van der Waals surface area contributed by atoms with Crippen LogP contribution in [0.2, 0.25) is 0 Å². The molecule has 2 amide bonds. The van der Waals surface area contributed by atoms with Crippen LogP contribution in [0.3, 0.4) is 0 Å². The van der Waals surface area contributed by atoms with E-state index < -0.39 is 17.3 Å². The fraction of sp³-hybridized carbons (Fsp3) is 0.333. The van der Waals surface area contributed by atoms with Crippen molar-refractivity contribution in [3.63, 3.8) is 0 Å². The van der Waals surface area contributed by atoms with Crippen LogP contribution in [-0.4, -0.2) is 30.0 Å². The Morgan fingerprint density at radius 2 is 2.00 bits per heavy atom. The molecular formula is C24H25FN2O3. The summed E-state index contributed by atoms with van der Waals surface area (Å²) < 4.78 is 13.8. The highest BCUT2D eigenvalue weighted by molar-refractivity contribution is 6.11. The number of carbonyl (C=O) groups excluding carboxylic acids is 2. The minimum absolute atomic E-state index is 0.145. The molecule has 1 heterocycles. The van der Waals surface area contributed by atoms with Crippen LogP contribution in [-0.2, 0) is 15.2 Å². The van der Waals surface area contributed by atoms with Crippen LogP contribution in [0.15, 0.2) is 60.2 Å². The number of nitrogens with zero attached hydrogens (tertiary/aromatic N) is 1. The monoisotopic (exact) mass is 408 g/mol. The number of amides is 2. The highest BCUT2D eigenvalue weighted by atomic mass is 19.1. The van der Waals surface area contributed by atoms with Crippen LogP contribution in [0.5, 0.6) is 0 Å². The van der Waals surface area contributed by atoms with Gasteiger partial charge >= 0.3 is 0 Å². The third kappa shape index (κ3) is 3.75. The molecule has 2 aliphatic rings. The number of anilines is 1. The third-order valence-corrected chi connectivity index (χ3v) is 5.84. The Labute approximate surface area is 175 Å². The number of hydrogen-bond donors (Lipinski definition) is 2. The van der Waals surface area contributed by atoms with E-state index in [0.717, 1.165) is 25.3 Å². The normalized spacial score (nSPS) is 20.7. The van der Waals surface area contributed by atoms with Gasteiger partial charge in [-0.25, -0.2) is 4.39 Å². The first-order valence-electron chi connectivity index (χ1n) is 10.3. The maximum atomic E-state index is 13.8. The van der Waals surface area contributed by atoms with Crippen molar-refractivity contribution in [3.8, 4) is 0 Å².